The van der Waals surface area contributed by atoms with Crippen LogP contribution in [0.1, 0.15) is 63.2 Å². The van der Waals surface area contributed by atoms with Gasteiger partial charge in [-0.25, -0.2) is 14.4 Å². The molecule has 11 heteroatoms. The maximum absolute atomic E-state index is 14.5. The quantitative estimate of drug-likeness (QED) is 0.443. The van der Waals surface area contributed by atoms with Crippen LogP contribution in [0.2, 0.25) is 0 Å². The van der Waals surface area contributed by atoms with Crippen LogP contribution in [0.15, 0.2) is 24.5 Å². The summed E-state index contributed by atoms with van der Waals surface area (Å²) in [5.74, 6) is 0.597. The fourth-order valence-corrected chi connectivity index (χ4v) is 5.65. The molecule has 2 atom stereocenters. The zero-order valence-electron chi connectivity index (χ0n) is 20.5. The molecule has 1 aliphatic carbocycles. The Morgan fingerprint density at radius 2 is 1.92 bits per heavy atom. The fourth-order valence-electron chi connectivity index (χ4n) is 5.65. The van der Waals surface area contributed by atoms with Crippen LogP contribution in [0, 0.1) is 5.82 Å². The minimum Gasteiger partial charge on any atom is -0.494 e. The van der Waals surface area contributed by atoms with Crippen molar-refractivity contribution in [1.82, 2.24) is 29.4 Å². The standard InChI is InChI=1S/C25H31FN8O2/c1-14-3-4-15(12-32(14)17-11-28-33(13-17)16-5-7-18(35)8-6-16)23-30-24-19-9-20(26)22(36-2)10-21(19)29-25(27)34(24)31-23/h9-11,13-16,18,35H,3-8,12H2,1-2H3,(H2,27,29). The Morgan fingerprint density at radius 1 is 1.11 bits per heavy atom. The van der Waals surface area contributed by atoms with Crippen LogP contribution in [0.4, 0.5) is 16.0 Å². The van der Waals surface area contributed by atoms with Crippen molar-refractivity contribution in [1.29, 1.82) is 0 Å². The van der Waals surface area contributed by atoms with E-state index >= 15 is 0 Å². The molecule has 0 bridgehead atoms. The van der Waals surface area contributed by atoms with Crippen LogP contribution in [-0.4, -0.2) is 60.3 Å². The Labute approximate surface area is 207 Å². The van der Waals surface area contributed by atoms with Gasteiger partial charge in [0, 0.05) is 36.2 Å². The molecule has 2 fully saturated rings. The zero-order valence-corrected chi connectivity index (χ0v) is 20.5. The van der Waals surface area contributed by atoms with Gasteiger partial charge in [-0.05, 0) is 51.5 Å². The first-order chi connectivity index (χ1) is 17.4. The van der Waals surface area contributed by atoms with Gasteiger partial charge in [-0.3, -0.25) is 4.68 Å². The molecule has 1 saturated carbocycles. The van der Waals surface area contributed by atoms with Crippen molar-refractivity contribution in [3.63, 3.8) is 0 Å². The Balaban J connectivity index is 1.29. The number of hydrogen-bond donors (Lipinski definition) is 2. The molecular weight excluding hydrogens is 463 g/mol. The highest BCUT2D eigenvalue weighted by molar-refractivity contribution is 5.93. The number of anilines is 2. The van der Waals surface area contributed by atoms with Crippen molar-refractivity contribution in [2.24, 2.45) is 0 Å². The number of nitrogen functional groups attached to an aromatic ring is 1. The lowest BCUT2D eigenvalue weighted by atomic mass is 9.92. The molecule has 3 N–H and O–H groups in total. The fraction of sp³-hybridized carbons (Fsp3) is 0.520. The van der Waals surface area contributed by atoms with Crippen LogP contribution >= 0.6 is 0 Å². The summed E-state index contributed by atoms with van der Waals surface area (Å²) in [5, 5.41) is 19.7. The van der Waals surface area contributed by atoms with Crippen molar-refractivity contribution in [2.75, 3.05) is 24.3 Å². The average molecular weight is 495 g/mol. The Bertz CT molecular complexity index is 1410. The van der Waals surface area contributed by atoms with Crippen LogP contribution in [0.25, 0.3) is 16.6 Å². The lowest BCUT2D eigenvalue weighted by Crippen LogP contribution is -2.41. The third-order valence-corrected chi connectivity index (χ3v) is 7.79. The lowest BCUT2D eigenvalue weighted by molar-refractivity contribution is 0.108. The first-order valence-corrected chi connectivity index (χ1v) is 12.6. The number of halogens is 1. The monoisotopic (exact) mass is 494 g/mol. The second-order valence-electron chi connectivity index (χ2n) is 10.1. The van der Waals surface area contributed by atoms with E-state index in [4.69, 9.17) is 20.6 Å². The molecule has 6 rings (SSSR count). The topological polar surface area (TPSA) is 120 Å². The third-order valence-electron chi connectivity index (χ3n) is 7.79. The highest BCUT2D eigenvalue weighted by atomic mass is 19.1. The van der Waals surface area contributed by atoms with Crippen LogP contribution in [0.3, 0.4) is 0 Å². The predicted molar refractivity (Wildman–Crippen MR) is 134 cm³/mol. The molecule has 2 aliphatic rings. The third kappa shape index (κ3) is 3.91. The Kier molecular flexibility index (Phi) is 5.66. The number of nitrogens with zero attached hydrogens (tertiary/aromatic N) is 7. The van der Waals surface area contributed by atoms with E-state index in [1.54, 1.807) is 0 Å². The summed E-state index contributed by atoms with van der Waals surface area (Å²) < 4.78 is 23.1. The van der Waals surface area contributed by atoms with Crippen molar-refractivity contribution in [3.8, 4) is 5.75 Å². The molecule has 1 saturated heterocycles. The van der Waals surface area contributed by atoms with Gasteiger partial charge in [-0.15, -0.1) is 5.10 Å². The number of rotatable bonds is 4. The van der Waals surface area contributed by atoms with Crippen LogP contribution in [-0.2, 0) is 0 Å². The molecule has 3 aromatic heterocycles. The minimum absolute atomic E-state index is 0.0897. The summed E-state index contributed by atoms with van der Waals surface area (Å²) in [6, 6.07) is 3.60. The van der Waals surface area contributed by atoms with Crippen molar-refractivity contribution in [3.05, 3.63) is 36.2 Å². The van der Waals surface area contributed by atoms with E-state index in [1.165, 1.54) is 23.8 Å². The van der Waals surface area contributed by atoms with Gasteiger partial charge in [-0.1, -0.05) is 0 Å². The molecule has 1 aromatic carbocycles. The molecular formula is C25H31FN8O2. The first-order valence-electron chi connectivity index (χ1n) is 12.6. The molecule has 2 unspecified atom stereocenters. The molecule has 4 heterocycles. The van der Waals surface area contributed by atoms with Gasteiger partial charge in [0.2, 0.25) is 5.95 Å². The van der Waals surface area contributed by atoms with E-state index in [2.05, 4.69) is 32.8 Å². The molecule has 190 valence electrons. The van der Waals surface area contributed by atoms with E-state index < -0.39 is 5.82 Å². The van der Waals surface area contributed by atoms with E-state index in [-0.39, 0.29) is 23.7 Å². The SMILES string of the molecule is COc1cc2nc(N)n3nc(C4CCC(C)N(c5cnn(C6CCC(O)CC6)c5)C4)nc3c2cc1F. The zero-order chi connectivity index (χ0) is 25.0. The molecule has 1 aliphatic heterocycles. The summed E-state index contributed by atoms with van der Waals surface area (Å²) in [4.78, 5) is 11.6. The van der Waals surface area contributed by atoms with E-state index in [0.29, 0.717) is 34.5 Å². The van der Waals surface area contributed by atoms with Crippen molar-refractivity contribution < 1.29 is 14.2 Å². The number of ether oxygens (including phenoxy) is 1. The maximum atomic E-state index is 14.5. The molecule has 10 nitrogen and oxygen atoms in total. The van der Waals surface area contributed by atoms with Gasteiger partial charge in [0.25, 0.3) is 0 Å². The number of piperidine rings is 1. The van der Waals surface area contributed by atoms with Gasteiger partial charge < -0.3 is 20.5 Å². The summed E-state index contributed by atoms with van der Waals surface area (Å²) in [6.45, 7) is 2.98. The predicted octanol–water partition coefficient (Wildman–Crippen LogP) is 3.45. The highest BCUT2D eigenvalue weighted by Crippen LogP contribution is 2.35. The second kappa shape index (κ2) is 8.88. The Morgan fingerprint density at radius 3 is 2.69 bits per heavy atom. The molecule has 0 spiro atoms. The summed E-state index contributed by atoms with van der Waals surface area (Å²) in [6.07, 6.45) is 9.35. The summed E-state index contributed by atoms with van der Waals surface area (Å²) >= 11 is 0. The highest BCUT2D eigenvalue weighted by Gasteiger charge is 2.31. The van der Waals surface area contributed by atoms with Crippen molar-refractivity contribution >= 4 is 28.2 Å². The number of aliphatic hydroxyl groups excluding tert-OH is 1. The summed E-state index contributed by atoms with van der Waals surface area (Å²) in [5.41, 5.74) is 8.29. The lowest BCUT2D eigenvalue weighted by Gasteiger charge is -2.38. The number of benzene rings is 1. The number of fused-ring (bicyclic) bond motifs is 3. The first kappa shape index (κ1) is 23.0. The van der Waals surface area contributed by atoms with Gasteiger partial charge in [-0.2, -0.15) is 9.61 Å². The van der Waals surface area contributed by atoms with Crippen LogP contribution < -0.4 is 15.4 Å². The molecule has 36 heavy (non-hydrogen) atoms. The number of aromatic nitrogens is 6. The average Bonchev–Trinajstić information content (AvgIpc) is 3.54. The number of methoxy groups -OCH3 is 1. The molecule has 0 amide bonds. The number of nitrogens with two attached hydrogens (primary N) is 1. The van der Waals surface area contributed by atoms with Gasteiger partial charge >= 0.3 is 0 Å². The van der Waals surface area contributed by atoms with E-state index in [0.717, 1.165) is 50.8 Å². The van der Waals surface area contributed by atoms with Gasteiger partial charge in [0.05, 0.1) is 36.7 Å². The molecule has 0 radical (unpaired) electrons. The van der Waals surface area contributed by atoms with E-state index in [1.807, 2.05) is 6.20 Å². The van der Waals surface area contributed by atoms with Crippen molar-refractivity contribution in [2.45, 2.75) is 69.6 Å². The normalized spacial score (nSPS) is 25.1. The largest absolute Gasteiger partial charge is 0.494 e. The molecule has 4 aromatic rings. The van der Waals surface area contributed by atoms with Gasteiger partial charge in [0.1, 0.15) is 0 Å². The second-order valence-corrected chi connectivity index (χ2v) is 10.1. The van der Waals surface area contributed by atoms with E-state index in [9.17, 15) is 9.50 Å². The minimum atomic E-state index is -0.481. The smallest absolute Gasteiger partial charge is 0.223 e. The van der Waals surface area contributed by atoms with Crippen LogP contribution in [0.5, 0.6) is 5.75 Å². The number of aliphatic hydroxyl groups is 1. The summed E-state index contributed by atoms with van der Waals surface area (Å²) in [7, 11) is 1.42. The maximum Gasteiger partial charge on any atom is 0.223 e. The van der Waals surface area contributed by atoms with Gasteiger partial charge in [0.15, 0.2) is 23.0 Å². The number of hydrogen-bond acceptors (Lipinski definition) is 8. The Hall–Kier alpha value is -3.47.